The first kappa shape index (κ1) is 13.4. The summed E-state index contributed by atoms with van der Waals surface area (Å²) in [7, 11) is 0. The van der Waals surface area contributed by atoms with E-state index in [2.05, 4.69) is 63.0 Å². The van der Waals surface area contributed by atoms with Crippen molar-refractivity contribution in [3.63, 3.8) is 0 Å². The van der Waals surface area contributed by atoms with Crippen LogP contribution in [-0.2, 0) is 0 Å². The van der Waals surface area contributed by atoms with Crippen molar-refractivity contribution in [2.75, 3.05) is 0 Å². The zero-order valence-corrected chi connectivity index (χ0v) is 12.2. The molecule has 0 bridgehead atoms. The number of hydrogen-bond donors (Lipinski definition) is 1. The van der Waals surface area contributed by atoms with Gasteiger partial charge in [-0.05, 0) is 18.6 Å². The van der Waals surface area contributed by atoms with Crippen LogP contribution in [0, 0.1) is 12.3 Å². The SMILES string of the molecule is Cc1ccc(C2=CC(C(C)(C)C)=NC(N)S2)cc1. The molecule has 1 aliphatic rings. The Hall–Kier alpha value is -1.06. The summed E-state index contributed by atoms with van der Waals surface area (Å²) in [6.07, 6.45) is 2.17. The number of allylic oxidation sites excluding steroid dienone is 1. The third kappa shape index (κ3) is 3.03. The third-order valence-electron chi connectivity index (χ3n) is 2.89. The van der Waals surface area contributed by atoms with Gasteiger partial charge in [-0.3, -0.25) is 4.99 Å². The molecular weight excluding hydrogens is 240 g/mol. The second-order valence-electron chi connectivity index (χ2n) is 5.65. The van der Waals surface area contributed by atoms with Gasteiger partial charge < -0.3 is 5.73 Å². The van der Waals surface area contributed by atoms with Crippen molar-refractivity contribution < 1.29 is 0 Å². The van der Waals surface area contributed by atoms with Crippen molar-refractivity contribution in [2.24, 2.45) is 16.1 Å². The number of hydrogen-bond acceptors (Lipinski definition) is 3. The highest BCUT2D eigenvalue weighted by Crippen LogP contribution is 2.36. The minimum absolute atomic E-state index is 0.0363. The molecule has 0 saturated heterocycles. The van der Waals surface area contributed by atoms with Gasteiger partial charge in [0.2, 0.25) is 0 Å². The lowest BCUT2D eigenvalue weighted by atomic mass is 9.89. The molecule has 1 aliphatic heterocycles. The Labute approximate surface area is 113 Å². The molecule has 18 heavy (non-hydrogen) atoms. The number of nitrogens with zero attached hydrogens (tertiary/aromatic N) is 1. The Morgan fingerprint density at radius 1 is 1.17 bits per heavy atom. The maximum Gasteiger partial charge on any atom is 0.149 e. The van der Waals surface area contributed by atoms with E-state index in [1.165, 1.54) is 16.0 Å². The fourth-order valence-electron chi connectivity index (χ4n) is 1.77. The van der Waals surface area contributed by atoms with E-state index in [9.17, 15) is 0 Å². The Bertz CT molecular complexity index is 492. The quantitative estimate of drug-likeness (QED) is 0.833. The van der Waals surface area contributed by atoms with Crippen LogP contribution in [0.2, 0.25) is 0 Å². The molecule has 0 amide bonds. The van der Waals surface area contributed by atoms with Gasteiger partial charge in [0, 0.05) is 16.0 Å². The van der Waals surface area contributed by atoms with Crippen molar-refractivity contribution in [3.8, 4) is 0 Å². The van der Waals surface area contributed by atoms with E-state index < -0.39 is 0 Å². The number of aryl methyl sites for hydroxylation is 1. The smallest absolute Gasteiger partial charge is 0.149 e. The summed E-state index contributed by atoms with van der Waals surface area (Å²) in [5.41, 5.74) is 9.42. The molecule has 1 aromatic rings. The highest BCUT2D eigenvalue weighted by atomic mass is 32.2. The molecule has 0 aliphatic carbocycles. The predicted molar refractivity (Wildman–Crippen MR) is 81.6 cm³/mol. The number of thioether (sulfide) groups is 1. The van der Waals surface area contributed by atoms with E-state index in [1.54, 1.807) is 11.8 Å². The van der Waals surface area contributed by atoms with Crippen molar-refractivity contribution in [2.45, 2.75) is 33.2 Å². The summed E-state index contributed by atoms with van der Waals surface area (Å²) in [5.74, 6) is 0. The molecule has 2 nitrogen and oxygen atoms in total. The van der Waals surface area contributed by atoms with Crippen molar-refractivity contribution in [3.05, 3.63) is 41.5 Å². The molecule has 1 unspecified atom stereocenters. The molecule has 2 rings (SSSR count). The van der Waals surface area contributed by atoms with Gasteiger partial charge in [0.1, 0.15) is 5.50 Å². The monoisotopic (exact) mass is 260 g/mol. The number of aliphatic imine (C=N–C) groups is 1. The zero-order chi connectivity index (χ0) is 13.3. The highest BCUT2D eigenvalue weighted by molar-refractivity contribution is 8.08. The third-order valence-corrected chi connectivity index (χ3v) is 3.84. The van der Waals surface area contributed by atoms with E-state index >= 15 is 0 Å². The van der Waals surface area contributed by atoms with Gasteiger partial charge >= 0.3 is 0 Å². The minimum atomic E-state index is -0.194. The summed E-state index contributed by atoms with van der Waals surface area (Å²) in [5, 5.41) is 0. The summed E-state index contributed by atoms with van der Waals surface area (Å²) in [6, 6.07) is 8.55. The molecule has 1 heterocycles. The largest absolute Gasteiger partial charge is 0.301 e. The average Bonchev–Trinajstić information content (AvgIpc) is 2.28. The first-order chi connectivity index (χ1) is 8.36. The Balaban J connectivity index is 2.37. The fourth-order valence-corrected chi connectivity index (χ4v) is 2.65. The highest BCUT2D eigenvalue weighted by Gasteiger charge is 2.23. The summed E-state index contributed by atoms with van der Waals surface area (Å²) in [6.45, 7) is 8.59. The van der Waals surface area contributed by atoms with Gasteiger partial charge in [0.05, 0.1) is 0 Å². The van der Waals surface area contributed by atoms with Gasteiger partial charge in [-0.1, -0.05) is 62.4 Å². The van der Waals surface area contributed by atoms with Gasteiger partial charge in [-0.25, -0.2) is 0 Å². The standard InChI is InChI=1S/C15H20N2S/c1-10-5-7-11(8-6-10)12-9-13(15(2,3)4)17-14(16)18-12/h5-9,14H,16H2,1-4H3. The Morgan fingerprint density at radius 3 is 2.33 bits per heavy atom. The van der Waals surface area contributed by atoms with Crippen LogP contribution in [0.25, 0.3) is 4.91 Å². The van der Waals surface area contributed by atoms with Crippen LogP contribution in [-0.4, -0.2) is 11.2 Å². The van der Waals surface area contributed by atoms with Gasteiger partial charge in [-0.2, -0.15) is 0 Å². The van der Waals surface area contributed by atoms with Crippen LogP contribution in [0.5, 0.6) is 0 Å². The van der Waals surface area contributed by atoms with Crippen LogP contribution in [0.15, 0.2) is 35.3 Å². The molecular formula is C15H20N2S. The van der Waals surface area contributed by atoms with Crippen molar-refractivity contribution >= 4 is 22.4 Å². The first-order valence-corrected chi connectivity index (χ1v) is 7.03. The molecule has 2 N–H and O–H groups in total. The van der Waals surface area contributed by atoms with E-state index in [4.69, 9.17) is 5.73 Å². The second-order valence-corrected chi connectivity index (χ2v) is 6.81. The molecule has 0 spiro atoms. The molecule has 0 saturated carbocycles. The fraction of sp³-hybridized carbons (Fsp3) is 0.400. The first-order valence-electron chi connectivity index (χ1n) is 6.15. The Morgan fingerprint density at radius 2 is 1.78 bits per heavy atom. The van der Waals surface area contributed by atoms with E-state index in [0.29, 0.717) is 0 Å². The summed E-state index contributed by atoms with van der Waals surface area (Å²) >= 11 is 1.62. The molecule has 1 atom stereocenters. The maximum absolute atomic E-state index is 6.01. The predicted octanol–water partition coefficient (Wildman–Crippen LogP) is 3.81. The van der Waals surface area contributed by atoms with E-state index in [1.807, 2.05) is 0 Å². The van der Waals surface area contributed by atoms with Crippen molar-refractivity contribution in [1.29, 1.82) is 0 Å². The van der Waals surface area contributed by atoms with Gasteiger partial charge in [-0.15, -0.1) is 0 Å². The lowest BCUT2D eigenvalue weighted by Crippen LogP contribution is -2.26. The van der Waals surface area contributed by atoms with Crippen LogP contribution in [0.3, 0.4) is 0 Å². The van der Waals surface area contributed by atoms with Gasteiger partial charge in [0.15, 0.2) is 0 Å². The van der Waals surface area contributed by atoms with Crippen LogP contribution >= 0.6 is 11.8 Å². The topological polar surface area (TPSA) is 38.4 Å². The second kappa shape index (κ2) is 4.90. The maximum atomic E-state index is 6.01. The molecule has 3 heteroatoms. The summed E-state index contributed by atoms with van der Waals surface area (Å²) < 4.78 is 0. The zero-order valence-electron chi connectivity index (χ0n) is 11.4. The molecule has 0 radical (unpaired) electrons. The van der Waals surface area contributed by atoms with Crippen molar-refractivity contribution in [1.82, 2.24) is 0 Å². The number of rotatable bonds is 1. The summed E-state index contributed by atoms with van der Waals surface area (Å²) in [4.78, 5) is 5.74. The normalized spacial score (nSPS) is 20.4. The van der Waals surface area contributed by atoms with Crippen LogP contribution < -0.4 is 5.73 Å². The molecule has 96 valence electrons. The molecule has 0 fully saturated rings. The molecule has 1 aromatic carbocycles. The minimum Gasteiger partial charge on any atom is -0.301 e. The van der Waals surface area contributed by atoms with Crippen LogP contribution in [0.1, 0.15) is 31.9 Å². The number of benzene rings is 1. The Kier molecular flexibility index (Phi) is 3.64. The lowest BCUT2D eigenvalue weighted by Gasteiger charge is -2.25. The van der Waals surface area contributed by atoms with Crippen LogP contribution in [0.4, 0.5) is 0 Å². The average molecular weight is 260 g/mol. The molecule has 0 aromatic heterocycles. The van der Waals surface area contributed by atoms with Gasteiger partial charge in [0.25, 0.3) is 0 Å². The van der Waals surface area contributed by atoms with E-state index in [-0.39, 0.29) is 10.9 Å². The number of nitrogens with two attached hydrogens (primary N) is 1. The lowest BCUT2D eigenvalue weighted by molar-refractivity contribution is 0.590. The van der Waals surface area contributed by atoms with E-state index in [0.717, 1.165) is 5.71 Å².